The van der Waals surface area contributed by atoms with Crippen molar-refractivity contribution in [3.63, 3.8) is 0 Å². The van der Waals surface area contributed by atoms with Gasteiger partial charge in [-0.05, 0) is 53.6 Å². The van der Waals surface area contributed by atoms with Crippen molar-refractivity contribution in [3.05, 3.63) is 83.1 Å². The second-order valence-electron chi connectivity index (χ2n) is 7.67. The van der Waals surface area contributed by atoms with Gasteiger partial charge in [0.05, 0.1) is 12.9 Å². The Balaban J connectivity index is 1.96. The summed E-state index contributed by atoms with van der Waals surface area (Å²) in [6.45, 7) is 1.71. The van der Waals surface area contributed by atoms with Crippen LogP contribution < -0.4 is 4.72 Å². The van der Waals surface area contributed by atoms with E-state index in [9.17, 15) is 22.0 Å². The zero-order valence-electron chi connectivity index (χ0n) is 18.1. The van der Waals surface area contributed by atoms with Crippen molar-refractivity contribution in [3.8, 4) is 0 Å². The summed E-state index contributed by atoms with van der Waals surface area (Å²) in [4.78, 5) is 13.0. The van der Waals surface area contributed by atoms with Crippen LogP contribution in [0.25, 0.3) is 21.7 Å². The summed E-state index contributed by atoms with van der Waals surface area (Å²) in [5.41, 5.74) is 1.68. The van der Waals surface area contributed by atoms with E-state index < -0.39 is 27.6 Å². The minimum atomic E-state index is -3.59. The van der Waals surface area contributed by atoms with Crippen LogP contribution in [0, 0.1) is 11.6 Å². The number of sulfonamides is 1. The molecule has 0 aliphatic rings. The number of hydrogen-bond donors (Lipinski definition) is 1. The van der Waals surface area contributed by atoms with Crippen molar-refractivity contribution in [1.82, 2.24) is 9.29 Å². The molecule has 0 radical (unpaired) electrons. The molecule has 0 saturated heterocycles. The van der Waals surface area contributed by atoms with E-state index in [2.05, 4.69) is 4.72 Å². The molecular weight excluding hydrogens is 450 g/mol. The van der Waals surface area contributed by atoms with Crippen LogP contribution in [0.4, 0.5) is 8.78 Å². The highest BCUT2D eigenvalue weighted by Crippen LogP contribution is 2.31. The number of nitrogens with zero attached hydrogens (tertiary/aromatic N) is 1. The van der Waals surface area contributed by atoms with E-state index in [1.807, 2.05) is 18.2 Å². The van der Waals surface area contributed by atoms with Crippen molar-refractivity contribution in [1.29, 1.82) is 0 Å². The van der Waals surface area contributed by atoms with E-state index in [4.69, 9.17) is 4.74 Å². The number of hydrogen-bond acceptors (Lipinski definition) is 4. The van der Waals surface area contributed by atoms with E-state index in [-0.39, 0.29) is 25.4 Å². The molecule has 1 aromatic heterocycles. The molecular formula is C24H22F2N2O4S. The summed E-state index contributed by atoms with van der Waals surface area (Å²) in [5.74, 6) is -1.58. The fourth-order valence-corrected chi connectivity index (χ4v) is 4.40. The largest absolute Gasteiger partial charge is 0.461 e. The first-order valence-corrected chi connectivity index (χ1v) is 12.2. The summed E-state index contributed by atoms with van der Waals surface area (Å²) >= 11 is 0. The van der Waals surface area contributed by atoms with Crippen LogP contribution in [0.5, 0.6) is 0 Å². The van der Waals surface area contributed by atoms with Crippen LogP contribution in [0.15, 0.2) is 54.6 Å². The molecule has 4 aromatic rings. The van der Waals surface area contributed by atoms with Crippen LogP contribution in [0.1, 0.15) is 28.5 Å². The third-order valence-corrected chi connectivity index (χ3v) is 6.04. The highest BCUT2D eigenvalue weighted by Gasteiger charge is 2.25. The number of ether oxygens (including phenoxy) is 1. The molecule has 0 spiro atoms. The van der Waals surface area contributed by atoms with Gasteiger partial charge in [0.1, 0.15) is 17.3 Å². The number of carbonyl (C=O) groups excluding carboxylic acids is 1. The first-order chi connectivity index (χ1) is 15.7. The minimum Gasteiger partial charge on any atom is -0.461 e. The van der Waals surface area contributed by atoms with E-state index in [1.54, 1.807) is 17.6 Å². The fourth-order valence-electron chi connectivity index (χ4n) is 3.99. The Morgan fingerprint density at radius 1 is 1.03 bits per heavy atom. The molecule has 0 aliphatic carbocycles. The second kappa shape index (κ2) is 8.92. The third kappa shape index (κ3) is 4.74. The second-order valence-corrected chi connectivity index (χ2v) is 9.50. The molecule has 6 nitrogen and oxygen atoms in total. The molecule has 0 bridgehead atoms. The third-order valence-electron chi connectivity index (χ3n) is 5.37. The lowest BCUT2D eigenvalue weighted by molar-refractivity contribution is 0.0513. The van der Waals surface area contributed by atoms with Gasteiger partial charge in [0.15, 0.2) is 0 Å². The molecule has 33 heavy (non-hydrogen) atoms. The van der Waals surface area contributed by atoms with Gasteiger partial charge in [-0.1, -0.05) is 24.3 Å². The average molecular weight is 473 g/mol. The van der Waals surface area contributed by atoms with Crippen molar-refractivity contribution < 1.29 is 26.7 Å². The van der Waals surface area contributed by atoms with Gasteiger partial charge in [-0.2, -0.15) is 0 Å². The maximum Gasteiger partial charge on any atom is 0.355 e. The van der Waals surface area contributed by atoms with Gasteiger partial charge in [-0.3, -0.25) is 0 Å². The summed E-state index contributed by atoms with van der Waals surface area (Å²) in [6, 6.07) is 14.0. The Labute approximate surface area is 189 Å². The maximum atomic E-state index is 14.2. The molecule has 0 aliphatic heterocycles. The molecule has 9 heteroatoms. The van der Waals surface area contributed by atoms with Gasteiger partial charge in [0.2, 0.25) is 10.0 Å². The lowest BCUT2D eigenvalue weighted by atomic mass is 10.0. The number of esters is 1. The summed E-state index contributed by atoms with van der Waals surface area (Å²) in [6.07, 6.45) is 1.00. The molecule has 3 aromatic carbocycles. The van der Waals surface area contributed by atoms with Crippen LogP contribution in [-0.4, -0.2) is 31.8 Å². The topological polar surface area (TPSA) is 77.4 Å². The van der Waals surface area contributed by atoms with Gasteiger partial charge in [0.25, 0.3) is 0 Å². The van der Waals surface area contributed by atoms with Crippen LogP contribution in [-0.2, 0) is 27.8 Å². The number of aromatic nitrogens is 1. The fraction of sp³-hybridized carbons (Fsp3) is 0.208. The normalized spacial score (nSPS) is 11.9. The number of halogens is 2. The quantitative estimate of drug-likeness (QED) is 0.406. The predicted octanol–water partition coefficient (Wildman–Crippen LogP) is 4.35. The van der Waals surface area contributed by atoms with E-state index >= 15 is 0 Å². The zero-order chi connectivity index (χ0) is 23.8. The summed E-state index contributed by atoms with van der Waals surface area (Å²) in [7, 11) is -3.59. The first kappa shape index (κ1) is 22.9. The Morgan fingerprint density at radius 2 is 1.73 bits per heavy atom. The SMILES string of the molecule is CCOC(=O)c1c(CNS(C)(=O)=O)c2cc(F)ccc2n1Cc1cccc2ccc(F)cc12. The molecule has 0 unspecified atom stereocenters. The number of nitrogens with one attached hydrogen (secondary N) is 1. The Kier molecular flexibility index (Phi) is 6.18. The Hall–Kier alpha value is -3.30. The van der Waals surface area contributed by atoms with Gasteiger partial charge < -0.3 is 9.30 Å². The molecule has 0 atom stereocenters. The van der Waals surface area contributed by atoms with Gasteiger partial charge >= 0.3 is 5.97 Å². The van der Waals surface area contributed by atoms with Gasteiger partial charge in [-0.15, -0.1) is 0 Å². The van der Waals surface area contributed by atoms with Crippen LogP contribution in [0.2, 0.25) is 0 Å². The Morgan fingerprint density at radius 3 is 2.42 bits per heavy atom. The lowest BCUT2D eigenvalue weighted by Crippen LogP contribution is -2.23. The maximum absolute atomic E-state index is 14.2. The highest BCUT2D eigenvalue weighted by atomic mass is 32.2. The lowest BCUT2D eigenvalue weighted by Gasteiger charge is -2.14. The average Bonchev–Trinajstić information content (AvgIpc) is 3.05. The standard InChI is InChI=1S/C24H22F2N2O4S/c1-3-32-24(29)23-21(13-27-33(2,30)31)20-12-18(26)9-10-22(20)28(23)14-16-6-4-5-15-7-8-17(25)11-19(15)16/h4-12,27H,3,13-14H2,1-2H3. The first-order valence-electron chi connectivity index (χ1n) is 10.3. The summed E-state index contributed by atoms with van der Waals surface area (Å²) < 4.78 is 60.9. The van der Waals surface area contributed by atoms with Crippen LogP contribution >= 0.6 is 0 Å². The summed E-state index contributed by atoms with van der Waals surface area (Å²) in [5, 5.41) is 1.89. The van der Waals surface area contributed by atoms with Gasteiger partial charge in [-0.25, -0.2) is 26.7 Å². The van der Waals surface area contributed by atoms with Gasteiger partial charge in [0, 0.05) is 29.6 Å². The van der Waals surface area contributed by atoms with Crippen molar-refractivity contribution >= 4 is 37.7 Å². The van der Waals surface area contributed by atoms with Crippen molar-refractivity contribution in [2.75, 3.05) is 12.9 Å². The zero-order valence-corrected chi connectivity index (χ0v) is 18.9. The molecule has 0 fully saturated rings. The monoisotopic (exact) mass is 472 g/mol. The smallest absolute Gasteiger partial charge is 0.355 e. The molecule has 172 valence electrons. The molecule has 1 N–H and O–H groups in total. The number of carbonyl (C=O) groups is 1. The van der Waals surface area contributed by atoms with E-state index in [0.717, 1.165) is 17.2 Å². The highest BCUT2D eigenvalue weighted by molar-refractivity contribution is 7.88. The molecule has 0 saturated carbocycles. The van der Waals surface area contributed by atoms with Crippen molar-refractivity contribution in [2.45, 2.75) is 20.0 Å². The Bertz CT molecular complexity index is 1480. The molecule has 0 amide bonds. The van der Waals surface area contributed by atoms with Crippen LogP contribution in [0.3, 0.4) is 0 Å². The molecule has 4 rings (SSSR count). The van der Waals surface area contributed by atoms with E-state index in [1.165, 1.54) is 30.3 Å². The number of fused-ring (bicyclic) bond motifs is 2. The number of benzene rings is 3. The predicted molar refractivity (Wildman–Crippen MR) is 123 cm³/mol. The van der Waals surface area contributed by atoms with Crippen molar-refractivity contribution in [2.24, 2.45) is 0 Å². The minimum absolute atomic E-state index is 0.104. The van der Waals surface area contributed by atoms with E-state index in [0.29, 0.717) is 21.9 Å². The molecule has 1 heterocycles. The number of rotatable bonds is 7.